The van der Waals surface area contributed by atoms with Crippen molar-refractivity contribution in [3.05, 3.63) is 34.9 Å². The van der Waals surface area contributed by atoms with Gasteiger partial charge in [-0.05, 0) is 37.5 Å². The van der Waals surface area contributed by atoms with Crippen LogP contribution < -0.4 is 5.32 Å². The van der Waals surface area contributed by atoms with Crippen molar-refractivity contribution in [2.24, 2.45) is 0 Å². The van der Waals surface area contributed by atoms with E-state index in [1.807, 2.05) is 18.2 Å². The summed E-state index contributed by atoms with van der Waals surface area (Å²) in [5.41, 5.74) is 1.24. The molecule has 1 atom stereocenters. The second kappa shape index (κ2) is 6.02. The Hall–Kier alpha value is -0.610. The summed E-state index contributed by atoms with van der Waals surface area (Å²) in [5, 5.41) is 4.50. The van der Waals surface area contributed by atoms with Gasteiger partial charge in [-0.3, -0.25) is 0 Å². The molecule has 1 unspecified atom stereocenters. The molecular formula is C16H22ClNO2. The van der Waals surface area contributed by atoms with Crippen molar-refractivity contribution in [2.45, 2.75) is 50.5 Å². The lowest BCUT2D eigenvalue weighted by Crippen LogP contribution is -2.42. The van der Waals surface area contributed by atoms with Gasteiger partial charge in [-0.15, -0.1) is 0 Å². The Labute approximate surface area is 125 Å². The Balaban J connectivity index is 1.54. The van der Waals surface area contributed by atoms with Crippen LogP contribution in [0.3, 0.4) is 0 Å². The van der Waals surface area contributed by atoms with Crippen molar-refractivity contribution in [2.75, 3.05) is 13.2 Å². The van der Waals surface area contributed by atoms with E-state index in [-0.39, 0.29) is 5.79 Å². The third-order valence-corrected chi connectivity index (χ3v) is 4.63. The van der Waals surface area contributed by atoms with E-state index in [4.69, 9.17) is 21.1 Å². The predicted octanol–water partition coefficient (Wildman–Crippen LogP) is 3.68. The third-order valence-electron chi connectivity index (χ3n) is 4.40. The van der Waals surface area contributed by atoms with Crippen molar-refractivity contribution >= 4 is 11.6 Å². The number of benzene rings is 1. The van der Waals surface area contributed by atoms with Gasteiger partial charge in [0.2, 0.25) is 0 Å². The fourth-order valence-corrected chi connectivity index (χ4v) is 3.43. The minimum absolute atomic E-state index is 0.266. The molecular weight excluding hydrogens is 274 g/mol. The molecule has 3 rings (SSSR count). The lowest BCUT2D eigenvalue weighted by atomic mass is 9.89. The molecule has 1 saturated heterocycles. The molecule has 4 heteroatoms. The van der Waals surface area contributed by atoms with E-state index in [0.29, 0.717) is 12.1 Å². The Bertz CT molecular complexity index is 450. The lowest BCUT2D eigenvalue weighted by Gasteiger charge is -2.36. The highest BCUT2D eigenvalue weighted by atomic mass is 35.5. The van der Waals surface area contributed by atoms with Gasteiger partial charge in [0.15, 0.2) is 5.79 Å². The summed E-state index contributed by atoms with van der Waals surface area (Å²) in [5.74, 6) is -0.266. The van der Waals surface area contributed by atoms with Gasteiger partial charge in [-0.2, -0.15) is 0 Å². The predicted molar refractivity (Wildman–Crippen MR) is 79.9 cm³/mol. The molecule has 0 aromatic heterocycles. The fraction of sp³-hybridized carbons (Fsp3) is 0.625. The van der Waals surface area contributed by atoms with Gasteiger partial charge >= 0.3 is 0 Å². The molecule has 1 spiro atoms. The zero-order valence-corrected chi connectivity index (χ0v) is 12.7. The molecule has 3 nitrogen and oxygen atoms in total. The minimum atomic E-state index is -0.266. The average molecular weight is 296 g/mol. The summed E-state index contributed by atoms with van der Waals surface area (Å²) in [6.07, 6.45) is 4.19. The van der Waals surface area contributed by atoms with Gasteiger partial charge in [-0.25, -0.2) is 0 Å². The second-order valence-electron chi connectivity index (χ2n) is 5.83. The van der Waals surface area contributed by atoms with E-state index < -0.39 is 0 Å². The highest BCUT2D eigenvalue weighted by Crippen LogP contribution is 2.36. The molecule has 0 radical (unpaired) electrons. The summed E-state index contributed by atoms with van der Waals surface area (Å²) < 4.78 is 11.5. The summed E-state index contributed by atoms with van der Waals surface area (Å²) in [7, 11) is 0. The van der Waals surface area contributed by atoms with Gasteiger partial charge < -0.3 is 14.8 Å². The largest absolute Gasteiger partial charge is 0.348 e. The van der Waals surface area contributed by atoms with Crippen molar-refractivity contribution < 1.29 is 9.47 Å². The number of halogens is 1. The van der Waals surface area contributed by atoms with Crippen LogP contribution in [-0.2, 0) is 9.47 Å². The first-order valence-electron chi connectivity index (χ1n) is 7.46. The Morgan fingerprint density at radius 1 is 1.25 bits per heavy atom. The van der Waals surface area contributed by atoms with Crippen LogP contribution in [0, 0.1) is 0 Å². The average Bonchev–Trinajstić information content (AvgIpc) is 2.90. The smallest absolute Gasteiger partial charge is 0.168 e. The van der Waals surface area contributed by atoms with E-state index in [1.54, 1.807) is 0 Å². The van der Waals surface area contributed by atoms with Crippen LogP contribution >= 0.6 is 11.6 Å². The van der Waals surface area contributed by atoms with Crippen molar-refractivity contribution in [3.8, 4) is 0 Å². The molecule has 20 heavy (non-hydrogen) atoms. The molecule has 0 amide bonds. The number of rotatable bonds is 3. The first-order valence-corrected chi connectivity index (χ1v) is 7.84. The van der Waals surface area contributed by atoms with E-state index >= 15 is 0 Å². The minimum Gasteiger partial charge on any atom is -0.348 e. The molecule has 1 heterocycles. The maximum Gasteiger partial charge on any atom is 0.168 e. The Morgan fingerprint density at radius 2 is 1.95 bits per heavy atom. The highest BCUT2D eigenvalue weighted by Gasteiger charge is 2.40. The van der Waals surface area contributed by atoms with Gasteiger partial charge in [0, 0.05) is 29.9 Å². The quantitative estimate of drug-likeness (QED) is 0.923. The Kier molecular flexibility index (Phi) is 4.32. The van der Waals surface area contributed by atoms with Crippen LogP contribution in [0.4, 0.5) is 0 Å². The zero-order valence-electron chi connectivity index (χ0n) is 11.9. The van der Waals surface area contributed by atoms with Crippen LogP contribution in [0.15, 0.2) is 24.3 Å². The van der Waals surface area contributed by atoms with Crippen molar-refractivity contribution in [1.82, 2.24) is 5.32 Å². The zero-order chi connectivity index (χ0) is 14.0. The molecule has 1 aromatic carbocycles. The van der Waals surface area contributed by atoms with E-state index in [9.17, 15) is 0 Å². The summed E-state index contributed by atoms with van der Waals surface area (Å²) in [6.45, 7) is 3.69. The van der Waals surface area contributed by atoms with Gasteiger partial charge in [-0.1, -0.05) is 23.7 Å². The summed E-state index contributed by atoms with van der Waals surface area (Å²) in [6, 6.07) is 8.92. The molecule has 2 fully saturated rings. The monoisotopic (exact) mass is 295 g/mol. The van der Waals surface area contributed by atoms with Gasteiger partial charge in [0.25, 0.3) is 0 Å². The maximum atomic E-state index is 6.05. The Morgan fingerprint density at radius 3 is 2.60 bits per heavy atom. The van der Waals surface area contributed by atoms with Crippen molar-refractivity contribution in [3.63, 3.8) is 0 Å². The van der Waals surface area contributed by atoms with Gasteiger partial charge in [0.05, 0.1) is 13.2 Å². The molecule has 1 aliphatic heterocycles. The molecule has 2 aliphatic rings. The number of nitrogens with one attached hydrogen (secondary N) is 1. The van der Waals surface area contributed by atoms with Crippen LogP contribution in [0.1, 0.15) is 44.2 Å². The SMILES string of the molecule is CC(NC1CCC2(CC1)OCCO2)c1cccc(Cl)c1. The van der Waals surface area contributed by atoms with E-state index in [2.05, 4.69) is 18.3 Å². The molecule has 1 N–H and O–H groups in total. The fourth-order valence-electron chi connectivity index (χ4n) is 3.24. The first kappa shape index (κ1) is 14.3. The first-order chi connectivity index (χ1) is 9.67. The normalized spacial score (nSPS) is 24.1. The molecule has 1 saturated carbocycles. The summed E-state index contributed by atoms with van der Waals surface area (Å²) in [4.78, 5) is 0. The van der Waals surface area contributed by atoms with Crippen LogP contribution in [0.2, 0.25) is 5.02 Å². The second-order valence-corrected chi connectivity index (χ2v) is 6.26. The van der Waals surface area contributed by atoms with Crippen LogP contribution in [-0.4, -0.2) is 25.0 Å². The lowest BCUT2D eigenvalue weighted by molar-refractivity contribution is -0.179. The topological polar surface area (TPSA) is 30.5 Å². The standard InChI is InChI=1S/C16H22ClNO2/c1-12(13-3-2-4-14(17)11-13)18-15-5-7-16(8-6-15)19-9-10-20-16/h2-4,11-12,15,18H,5-10H2,1H3. The van der Waals surface area contributed by atoms with Crippen molar-refractivity contribution in [1.29, 1.82) is 0 Å². The van der Waals surface area contributed by atoms with Gasteiger partial charge in [0.1, 0.15) is 0 Å². The number of hydrogen-bond acceptors (Lipinski definition) is 3. The van der Waals surface area contributed by atoms with E-state index in [1.165, 1.54) is 5.56 Å². The maximum absolute atomic E-state index is 6.05. The molecule has 110 valence electrons. The van der Waals surface area contributed by atoms with Crippen LogP contribution in [0.5, 0.6) is 0 Å². The molecule has 1 aromatic rings. The number of hydrogen-bond donors (Lipinski definition) is 1. The molecule has 0 bridgehead atoms. The highest BCUT2D eigenvalue weighted by molar-refractivity contribution is 6.30. The number of ether oxygens (including phenoxy) is 2. The third kappa shape index (κ3) is 3.17. The van der Waals surface area contributed by atoms with E-state index in [0.717, 1.165) is 43.9 Å². The summed E-state index contributed by atoms with van der Waals surface area (Å²) >= 11 is 6.05. The molecule has 1 aliphatic carbocycles. The van der Waals surface area contributed by atoms with Crippen LogP contribution in [0.25, 0.3) is 0 Å².